The van der Waals surface area contributed by atoms with Crippen LogP contribution < -0.4 is 11.1 Å². The van der Waals surface area contributed by atoms with E-state index in [2.05, 4.69) is 14.9 Å². The van der Waals surface area contributed by atoms with Crippen LogP contribution in [-0.2, 0) is 11.3 Å². The second kappa shape index (κ2) is 10.5. The van der Waals surface area contributed by atoms with Gasteiger partial charge >= 0.3 is 0 Å². The fourth-order valence-electron chi connectivity index (χ4n) is 3.70. The Morgan fingerprint density at radius 2 is 1.93 bits per heavy atom. The average Bonchev–Trinajstić information content (AvgIpc) is 3.18. The van der Waals surface area contributed by atoms with E-state index in [-0.39, 0.29) is 17.7 Å². The van der Waals surface area contributed by atoms with Crippen molar-refractivity contribution in [1.82, 2.24) is 14.5 Å². The van der Waals surface area contributed by atoms with Crippen molar-refractivity contribution in [2.45, 2.75) is 52.0 Å². The lowest BCUT2D eigenvalue weighted by Gasteiger charge is -2.29. The maximum atomic E-state index is 13.0. The Bertz CT molecular complexity index is 815. The van der Waals surface area contributed by atoms with E-state index in [1.165, 1.54) is 6.42 Å². The summed E-state index contributed by atoms with van der Waals surface area (Å²) in [4.78, 5) is 27.8. The summed E-state index contributed by atoms with van der Waals surface area (Å²) in [6.45, 7) is 3.59. The molecular formula is C21H29N5O2S. The van der Waals surface area contributed by atoms with Crippen molar-refractivity contribution in [3.63, 3.8) is 0 Å². The van der Waals surface area contributed by atoms with Gasteiger partial charge in [-0.25, -0.2) is 0 Å². The van der Waals surface area contributed by atoms with Crippen molar-refractivity contribution in [3.05, 3.63) is 40.4 Å². The quantitative estimate of drug-likeness (QED) is 0.688. The minimum Gasteiger partial charge on any atom is -0.338 e. The number of amides is 2. The summed E-state index contributed by atoms with van der Waals surface area (Å²) < 4.78 is 3.80. The van der Waals surface area contributed by atoms with Gasteiger partial charge in [0.2, 0.25) is 5.91 Å². The number of hydrogen-bond acceptors (Lipinski definition) is 6. The van der Waals surface area contributed by atoms with Gasteiger partial charge in [0.1, 0.15) is 4.88 Å². The van der Waals surface area contributed by atoms with Crippen LogP contribution in [0.15, 0.2) is 24.3 Å². The van der Waals surface area contributed by atoms with Crippen molar-refractivity contribution in [3.8, 4) is 0 Å². The number of benzene rings is 1. The van der Waals surface area contributed by atoms with Gasteiger partial charge < -0.3 is 16.0 Å². The number of carbonyl (C=O) groups is 2. The fraction of sp³-hybridized carbons (Fsp3) is 0.524. The summed E-state index contributed by atoms with van der Waals surface area (Å²) >= 11 is 1.09. The van der Waals surface area contributed by atoms with Crippen LogP contribution in [0.1, 0.15) is 59.5 Å². The van der Waals surface area contributed by atoms with E-state index in [4.69, 9.17) is 5.73 Å². The maximum absolute atomic E-state index is 13.0. The molecule has 0 bridgehead atoms. The van der Waals surface area contributed by atoms with Gasteiger partial charge in [0.25, 0.3) is 5.91 Å². The zero-order valence-electron chi connectivity index (χ0n) is 16.9. The molecule has 1 aromatic heterocycles. The van der Waals surface area contributed by atoms with Crippen LogP contribution in [0.3, 0.4) is 0 Å². The summed E-state index contributed by atoms with van der Waals surface area (Å²) in [5, 5.41) is 6.74. The third kappa shape index (κ3) is 5.83. The molecule has 0 aliphatic heterocycles. The van der Waals surface area contributed by atoms with Crippen LogP contribution in [0.5, 0.6) is 0 Å². The third-order valence-electron chi connectivity index (χ3n) is 5.34. The number of rotatable bonds is 8. The molecule has 0 radical (unpaired) electrons. The summed E-state index contributed by atoms with van der Waals surface area (Å²) in [6.07, 6.45) is 6.31. The van der Waals surface area contributed by atoms with E-state index in [1.807, 2.05) is 29.2 Å². The first kappa shape index (κ1) is 21.4. The fourth-order valence-corrected chi connectivity index (χ4v) is 4.25. The van der Waals surface area contributed by atoms with Gasteiger partial charge in [-0.2, -0.15) is 0 Å². The molecule has 1 aromatic carbocycles. The maximum Gasteiger partial charge on any atom is 0.269 e. The largest absolute Gasteiger partial charge is 0.338 e. The third-order valence-corrected chi connectivity index (χ3v) is 6.17. The minimum absolute atomic E-state index is 0.149. The predicted molar refractivity (Wildman–Crippen MR) is 115 cm³/mol. The summed E-state index contributed by atoms with van der Waals surface area (Å²) in [7, 11) is 0. The summed E-state index contributed by atoms with van der Waals surface area (Å²) in [5.41, 5.74) is 8.05. The van der Waals surface area contributed by atoms with Gasteiger partial charge in [0.15, 0.2) is 0 Å². The molecular weight excluding hydrogens is 386 g/mol. The second-order valence-corrected chi connectivity index (χ2v) is 8.33. The normalized spacial score (nSPS) is 14.6. The molecule has 2 aromatic rings. The first-order chi connectivity index (χ1) is 14.1. The number of hydrogen-bond donors (Lipinski definition) is 2. The van der Waals surface area contributed by atoms with E-state index in [0.29, 0.717) is 35.9 Å². The van der Waals surface area contributed by atoms with Crippen LogP contribution in [0, 0.1) is 12.8 Å². The Hall–Kier alpha value is -2.32. The molecule has 156 valence electrons. The number of nitrogens with two attached hydrogens (primary N) is 1. The molecule has 1 heterocycles. The Balaban J connectivity index is 1.62. The van der Waals surface area contributed by atoms with Crippen molar-refractivity contribution in [2.75, 3.05) is 18.4 Å². The molecule has 0 spiro atoms. The van der Waals surface area contributed by atoms with Crippen LogP contribution >= 0.6 is 11.5 Å². The molecule has 1 aliphatic carbocycles. The lowest BCUT2D eigenvalue weighted by atomic mass is 9.88. The molecule has 3 rings (SSSR count). The van der Waals surface area contributed by atoms with Crippen molar-refractivity contribution < 1.29 is 9.59 Å². The standard InChI is InChI=1S/C21H29N5O2S/c1-15-19(29-25-24-15)20(27)23-18-10-8-16(9-11-18)14-26(13-5-12-22)21(28)17-6-3-2-4-7-17/h8-11,17H,2-7,12-14,22H2,1H3,(H,23,27). The minimum atomic E-state index is -0.206. The highest BCUT2D eigenvalue weighted by Crippen LogP contribution is 2.26. The van der Waals surface area contributed by atoms with Crippen LogP contribution in [0.2, 0.25) is 0 Å². The summed E-state index contributed by atoms with van der Waals surface area (Å²) in [6, 6.07) is 7.64. The van der Waals surface area contributed by atoms with E-state index in [9.17, 15) is 9.59 Å². The number of aryl methyl sites for hydroxylation is 1. The van der Waals surface area contributed by atoms with Crippen molar-refractivity contribution in [1.29, 1.82) is 0 Å². The van der Waals surface area contributed by atoms with Gasteiger partial charge in [0.05, 0.1) is 5.69 Å². The Kier molecular flexibility index (Phi) is 7.71. The number of anilines is 1. The van der Waals surface area contributed by atoms with Gasteiger partial charge in [-0.1, -0.05) is 35.9 Å². The lowest BCUT2D eigenvalue weighted by molar-refractivity contribution is -0.137. The van der Waals surface area contributed by atoms with Crippen molar-refractivity contribution >= 4 is 29.0 Å². The highest BCUT2D eigenvalue weighted by molar-refractivity contribution is 7.08. The van der Waals surface area contributed by atoms with Crippen LogP contribution in [0.25, 0.3) is 0 Å². The highest BCUT2D eigenvalue weighted by atomic mass is 32.1. The molecule has 1 saturated carbocycles. The van der Waals surface area contributed by atoms with Crippen LogP contribution in [-0.4, -0.2) is 39.4 Å². The Labute approximate surface area is 175 Å². The van der Waals surface area contributed by atoms with Gasteiger partial charge in [-0.05, 0) is 62.0 Å². The predicted octanol–water partition coefficient (Wildman–Crippen LogP) is 3.36. The topological polar surface area (TPSA) is 101 Å². The van der Waals surface area contributed by atoms with E-state index in [1.54, 1.807) is 6.92 Å². The Morgan fingerprint density at radius 1 is 1.21 bits per heavy atom. The zero-order valence-corrected chi connectivity index (χ0v) is 17.7. The second-order valence-electron chi connectivity index (χ2n) is 7.58. The highest BCUT2D eigenvalue weighted by Gasteiger charge is 2.25. The SMILES string of the molecule is Cc1nnsc1C(=O)Nc1ccc(CN(CCCN)C(=O)C2CCCCC2)cc1. The molecule has 1 aliphatic rings. The molecule has 2 amide bonds. The molecule has 29 heavy (non-hydrogen) atoms. The van der Waals surface area contributed by atoms with E-state index < -0.39 is 0 Å². The number of nitrogens with one attached hydrogen (secondary N) is 1. The van der Waals surface area contributed by atoms with E-state index in [0.717, 1.165) is 49.2 Å². The smallest absolute Gasteiger partial charge is 0.269 e. The lowest BCUT2D eigenvalue weighted by Crippen LogP contribution is -2.37. The van der Waals surface area contributed by atoms with Crippen molar-refractivity contribution in [2.24, 2.45) is 11.7 Å². The average molecular weight is 416 g/mol. The number of carbonyl (C=O) groups excluding carboxylic acids is 2. The molecule has 7 nitrogen and oxygen atoms in total. The molecule has 8 heteroatoms. The molecule has 0 atom stereocenters. The van der Waals surface area contributed by atoms with Gasteiger partial charge in [0, 0.05) is 24.7 Å². The molecule has 3 N–H and O–H groups in total. The molecule has 1 fully saturated rings. The van der Waals surface area contributed by atoms with Crippen LogP contribution in [0.4, 0.5) is 5.69 Å². The molecule has 0 unspecified atom stereocenters. The zero-order chi connectivity index (χ0) is 20.6. The molecule has 0 saturated heterocycles. The number of nitrogens with zero attached hydrogens (tertiary/aromatic N) is 3. The van der Waals surface area contributed by atoms with Gasteiger partial charge in [-0.3, -0.25) is 9.59 Å². The first-order valence-electron chi connectivity index (χ1n) is 10.3. The van der Waals surface area contributed by atoms with E-state index >= 15 is 0 Å². The first-order valence-corrected chi connectivity index (χ1v) is 11.0. The Morgan fingerprint density at radius 3 is 2.55 bits per heavy atom. The summed E-state index contributed by atoms with van der Waals surface area (Å²) in [5.74, 6) is 0.197. The monoisotopic (exact) mass is 415 g/mol. The number of aromatic nitrogens is 2. The van der Waals surface area contributed by atoms with Gasteiger partial charge in [-0.15, -0.1) is 5.10 Å².